The first-order valence-corrected chi connectivity index (χ1v) is 3.30. The maximum Gasteiger partial charge on any atom is 0.144 e. The zero-order valence-electron chi connectivity index (χ0n) is 5.99. The highest BCUT2D eigenvalue weighted by molar-refractivity contribution is 5.29. The van der Waals surface area contributed by atoms with Gasteiger partial charge in [0.25, 0.3) is 0 Å². The van der Waals surface area contributed by atoms with Crippen LogP contribution >= 0.6 is 0 Å². The molecule has 0 saturated carbocycles. The van der Waals surface area contributed by atoms with E-state index in [0.29, 0.717) is 18.8 Å². The number of rotatable bonds is 3. The smallest absolute Gasteiger partial charge is 0.144 e. The van der Waals surface area contributed by atoms with E-state index in [0.717, 1.165) is 0 Å². The van der Waals surface area contributed by atoms with Gasteiger partial charge in [0.2, 0.25) is 0 Å². The molecule has 0 fully saturated rings. The van der Waals surface area contributed by atoms with E-state index < -0.39 is 0 Å². The molecule has 56 valence electrons. The largest absolute Gasteiger partial charge is 0.368 e. The van der Waals surface area contributed by atoms with E-state index in [1.54, 1.807) is 18.6 Å². The molecule has 0 unspecified atom stereocenters. The van der Waals surface area contributed by atoms with E-state index in [9.17, 15) is 0 Å². The second-order valence-electron chi connectivity index (χ2n) is 1.93. The number of nitrogens with zero attached hydrogens (tertiary/aromatic N) is 3. The minimum absolute atomic E-state index is 0.483. The van der Waals surface area contributed by atoms with Gasteiger partial charge in [-0.2, -0.15) is 5.26 Å². The Bertz CT molecular complexity index is 238. The summed E-state index contributed by atoms with van der Waals surface area (Å²) < 4.78 is 0. The van der Waals surface area contributed by atoms with Crippen LogP contribution in [0.25, 0.3) is 0 Å². The molecule has 0 aliphatic carbocycles. The van der Waals surface area contributed by atoms with Crippen LogP contribution in [-0.2, 0) is 0 Å². The molecule has 0 radical (unpaired) electrons. The Morgan fingerprint density at radius 3 is 3.09 bits per heavy atom. The summed E-state index contributed by atoms with van der Waals surface area (Å²) in [5.41, 5.74) is 0. The average Bonchev–Trinajstić information content (AvgIpc) is 2.07. The van der Waals surface area contributed by atoms with Crippen LogP contribution in [0.3, 0.4) is 0 Å². The highest BCUT2D eigenvalue weighted by Gasteiger charge is 1.88. The fraction of sp³-hybridized carbons (Fsp3) is 0.286. The molecule has 4 heteroatoms. The standard InChI is InChI=1S/C7H8N4/c8-2-1-3-10-7-6-9-4-5-11-7/h4-6H,1,3H2,(H,10,11). The van der Waals surface area contributed by atoms with Gasteiger partial charge in [-0.1, -0.05) is 0 Å². The third-order valence-corrected chi connectivity index (χ3v) is 1.11. The van der Waals surface area contributed by atoms with Crippen LogP contribution in [0.2, 0.25) is 0 Å². The molecule has 0 aromatic carbocycles. The first kappa shape index (κ1) is 7.48. The normalized spacial score (nSPS) is 8.64. The monoisotopic (exact) mass is 148 g/mol. The summed E-state index contributed by atoms with van der Waals surface area (Å²) in [6, 6.07) is 2.03. The molecule has 1 rings (SSSR count). The molecule has 1 heterocycles. The molecule has 0 atom stereocenters. The average molecular weight is 148 g/mol. The van der Waals surface area contributed by atoms with Gasteiger partial charge in [0.1, 0.15) is 5.82 Å². The van der Waals surface area contributed by atoms with Crippen molar-refractivity contribution in [2.75, 3.05) is 11.9 Å². The lowest BCUT2D eigenvalue weighted by molar-refractivity contribution is 1.04. The lowest BCUT2D eigenvalue weighted by atomic mass is 10.4. The Balaban J connectivity index is 2.35. The van der Waals surface area contributed by atoms with E-state index in [2.05, 4.69) is 15.3 Å². The highest BCUT2D eigenvalue weighted by atomic mass is 15.0. The maximum absolute atomic E-state index is 8.22. The van der Waals surface area contributed by atoms with Gasteiger partial charge in [-0.25, -0.2) is 4.98 Å². The summed E-state index contributed by atoms with van der Waals surface area (Å²) in [6.45, 7) is 0.620. The van der Waals surface area contributed by atoms with Gasteiger partial charge in [0, 0.05) is 18.9 Å². The number of nitrogens with one attached hydrogen (secondary N) is 1. The molecule has 0 aliphatic heterocycles. The number of aromatic nitrogens is 2. The maximum atomic E-state index is 8.22. The van der Waals surface area contributed by atoms with Gasteiger partial charge in [0.05, 0.1) is 18.7 Å². The van der Waals surface area contributed by atoms with Crippen LogP contribution < -0.4 is 5.32 Å². The predicted molar refractivity (Wildman–Crippen MR) is 40.8 cm³/mol. The van der Waals surface area contributed by atoms with E-state index in [1.165, 1.54) is 0 Å². The first-order chi connectivity index (χ1) is 5.43. The third kappa shape index (κ3) is 2.63. The Morgan fingerprint density at radius 2 is 2.45 bits per heavy atom. The molecule has 0 amide bonds. The lowest BCUT2D eigenvalue weighted by Crippen LogP contribution is -2.01. The summed E-state index contributed by atoms with van der Waals surface area (Å²) >= 11 is 0. The Morgan fingerprint density at radius 1 is 1.55 bits per heavy atom. The summed E-state index contributed by atoms with van der Waals surface area (Å²) in [6.07, 6.45) is 5.32. The van der Waals surface area contributed by atoms with Crippen LogP contribution in [-0.4, -0.2) is 16.5 Å². The third-order valence-electron chi connectivity index (χ3n) is 1.11. The van der Waals surface area contributed by atoms with Crippen molar-refractivity contribution in [3.8, 4) is 6.07 Å². The number of hydrogen-bond acceptors (Lipinski definition) is 4. The van der Waals surface area contributed by atoms with E-state index in [4.69, 9.17) is 5.26 Å². The first-order valence-electron chi connectivity index (χ1n) is 3.30. The second kappa shape index (κ2) is 4.23. The molecule has 1 aromatic rings. The number of nitriles is 1. The second-order valence-corrected chi connectivity index (χ2v) is 1.93. The van der Waals surface area contributed by atoms with Crippen molar-refractivity contribution in [2.24, 2.45) is 0 Å². The summed E-state index contributed by atoms with van der Waals surface area (Å²) in [7, 11) is 0. The highest BCUT2D eigenvalue weighted by Crippen LogP contribution is 1.95. The van der Waals surface area contributed by atoms with Crippen LogP contribution in [0, 0.1) is 11.3 Å². The molecule has 11 heavy (non-hydrogen) atoms. The predicted octanol–water partition coefficient (Wildman–Crippen LogP) is 0.802. The van der Waals surface area contributed by atoms with E-state index in [1.807, 2.05) is 6.07 Å². The molecular formula is C7H8N4. The minimum Gasteiger partial charge on any atom is -0.368 e. The quantitative estimate of drug-likeness (QED) is 0.644. The molecule has 1 aromatic heterocycles. The molecular weight excluding hydrogens is 140 g/mol. The van der Waals surface area contributed by atoms with Crippen molar-refractivity contribution in [3.63, 3.8) is 0 Å². The van der Waals surface area contributed by atoms with Gasteiger partial charge in [-0.05, 0) is 0 Å². The Hall–Kier alpha value is -1.63. The van der Waals surface area contributed by atoms with Crippen LogP contribution in [0.5, 0.6) is 0 Å². The van der Waals surface area contributed by atoms with Crippen molar-refractivity contribution < 1.29 is 0 Å². The van der Waals surface area contributed by atoms with E-state index >= 15 is 0 Å². The fourth-order valence-electron chi connectivity index (χ4n) is 0.637. The Labute approximate surface area is 64.9 Å². The zero-order valence-corrected chi connectivity index (χ0v) is 5.99. The van der Waals surface area contributed by atoms with Gasteiger partial charge in [-0.15, -0.1) is 0 Å². The lowest BCUT2D eigenvalue weighted by Gasteiger charge is -1.99. The molecule has 4 nitrogen and oxygen atoms in total. The summed E-state index contributed by atoms with van der Waals surface area (Å²) in [4.78, 5) is 7.82. The summed E-state index contributed by atoms with van der Waals surface area (Å²) in [5, 5.41) is 11.2. The van der Waals surface area contributed by atoms with Crippen LogP contribution in [0.1, 0.15) is 6.42 Å². The molecule has 0 spiro atoms. The topological polar surface area (TPSA) is 61.6 Å². The number of anilines is 1. The van der Waals surface area contributed by atoms with Crippen molar-refractivity contribution in [3.05, 3.63) is 18.6 Å². The number of hydrogen-bond donors (Lipinski definition) is 1. The van der Waals surface area contributed by atoms with E-state index in [-0.39, 0.29) is 0 Å². The van der Waals surface area contributed by atoms with Gasteiger partial charge in [0.15, 0.2) is 0 Å². The zero-order chi connectivity index (χ0) is 7.94. The van der Waals surface area contributed by atoms with Crippen molar-refractivity contribution in [1.82, 2.24) is 9.97 Å². The van der Waals surface area contributed by atoms with Gasteiger partial charge < -0.3 is 5.32 Å². The van der Waals surface area contributed by atoms with Gasteiger partial charge >= 0.3 is 0 Å². The molecule has 0 bridgehead atoms. The Kier molecular flexibility index (Phi) is 2.87. The van der Waals surface area contributed by atoms with Crippen molar-refractivity contribution >= 4 is 5.82 Å². The van der Waals surface area contributed by atoms with Crippen LogP contribution in [0.4, 0.5) is 5.82 Å². The fourth-order valence-corrected chi connectivity index (χ4v) is 0.637. The molecule has 0 saturated heterocycles. The van der Waals surface area contributed by atoms with Gasteiger partial charge in [-0.3, -0.25) is 4.98 Å². The van der Waals surface area contributed by atoms with Crippen molar-refractivity contribution in [1.29, 1.82) is 5.26 Å². The minimum atomic E-state index is 0.483. The van der Waals surface area contributed by atoms with Crippen molar-refractivity contribution in [2.45, 2.75) is 6.42 Å². The summed E-state index contributed by atoms with van der Waals surface area (Å²) in [5.74, 6) is 0.711. The molecule has 0 aliphatic rings. The SMILES string of the molecule is N#CCCNc1cnccn1. The van der Waals surface area contributed by atoms with Crippen LogP contribution in [0.15, 0.2) is 18.6 Å². The molecule has 1 N–H and O–H groups in total.